The van der Waals surface area contributed by atoms with E-state index in [-0.39, 0.29) is 5.69 Å². The molecule has 1 rings (SSSR count). The molecule has 80 valence electrons. The molecule has 1 aromatic rings. The summed E-state index contributed by atoms with van der Waals surface area (Å²) < 4.78 is 0. The normalized spacial score (nSPS) is 9.73. The summed E-state index contributed by atoms with van der Waals surface area (Å²) in [6.45, 7) is 2.68. The number of anilines is 1. The van der Waals surface area contributed by atoms with Crippen LogP contribution in [0.15, 0.2) is 18.2 Å². The van der Waals surface area contributed by atoms with Gasteiger partial charge < -0.3 is 4.90 Å². The Bertz CT molecular complexity index is 390. The maximum absolute atomic E-state index is 10.8. The van der Waals surface area contributed by atoms with Gasteiger partial charge in [0.05, 0.1) is 4.92 Å². The maximum atomic E-state index is 10.8. The quantitative estimate of drug-likeness (QED) is 0.430. The summed E-state index contributed by atoms with van der Waals surface area (Å²) in [5.74, 6) is 0. The molecule has 5 nitrogen and oxygen atoms in total. The van der Waals surface area contributed by atoms with Gasteiger partial charge in [-0.15, -0.1) is 0 Å². The van der Waals surface area contributed by atoms with Crippen LogP contribution in [0.4, 0.5) is 11.4 Å². The van der Waals surface area contributed by atoms with Gasteiger partial charge in [-0.2, -0.15) is 0 Å². The van der Waals surface area contributed by atoms with Crippen LogP contribution in [0.25, 0.3) is 0 Å². The molecule has 0 heterocycles. The van der Waals surface area contributed by atoms with Gasteiger partial charge in [0.15, 0.2) is 6.29 Å². The lowest BCUT2D eigenvalue weighted by Crippen LogP contribution is -2.17. The average molecular weight is 208 g/mol. The predicted molar refractivity (Wildman–Crippen MR) is 57.4 cm³/mol. The van der Waals surface area contributed by atoms with E-state index < -0.39 is 4.92 Å². The average Bonchev–Trinajstić information content (AvgIpc) is 2.27. The second-order valence-electron chi connectivity index (χ2n) is 3.13. The van der Waals surface area contributed by atoms with E-state index in [9.17, 15) is 14.9 Å². The van der Waals surface area contributed by atoms with Crippen LogP contribution in [0.5, 0.6) is 0 Å². The van der Waals surface area contributed by atoms with Crippen LogP contribution in [0.3, 0.4) is 0 Å². The van der Waals surface area contributed by atoms with Gasteiger partial charge >= 0.3 is 0 Å². The van der Waals surface area contributed by atoms with Crippen molar-refractivity contribution in [2.24, 2.45) is 0 Å². The summed E-state index contributed by atoms with van der Waals surface area (Å²) in [7, 11) is 1.83. The van der Waals surface area contributed by atoms with Crippen LogP contribution in [0, 0.1) is 10.1 Å². The highest BCUT2D eigenvalue weighted by atomic mass is 16.6. The third kappa shape index (κ3) is 2.31. The molecule has 0 saturated heterocycles. The molecule has 0 spiro atoms. The molecule has 0 radical (unpaired) electrons. The molecule has 0 aliphatic carbocycles. The van der Waals surface area contributed by atoms with E-state index in [1.54, 1.807) is 6.07 Å². The van der Waals surface area contributed by atoms with Crippen LogP contribution in [-0.4, -0.2) is 24.8 Å². The smallest absolute Gasteiger partial charge is 0.270 e. The van der Waals surface area contributed by atoms with Gasteiger partial charge in [-0.1, -0.05) is 0 Å². The lowest BCUT2D eigenvalue weighted by Gasteiger charge is -2.18. The Morgan fingerprint density at radius 1 is 1.53 bits per heavy atom. The molecule has 0 bridgehead atoms. The third-order valence-electron chi connectivity index (χ3n) is 2.23. The fraction of sp³-hybridized carbons (Fsp3) is 0.300. The van der Waals surface area contributed by atoms with Gasteiger partial charge in [-0.25, -0.2) is 0 Å². The lowest BCUT2D eigenvalue weighted by atomic mass is 10.1. The van der Waals surface area contributed by atoms with Crippen molar-refractivity contribution in [2.45, 2.75) is 6.92 Å². The minimum absolute atomic E-state index is 0.0645. The van der Waals surface area contributed by atoms with E-state index in [1.807, 2.05) is 18.9 Å². The third-order valence-corrected chi connectivity index (χ3v) is 2.23. The fourth-order valence-electron chi connectivity index (χ4n) is 1.27. The van der Waals surface area contributed by atoms with Crippen LogP contribution in [0.1, 0.15) is 17.3 Å². The number of nitrogens with zero attached hydrogens (tertiary/aromatic N) is 2. The molecule has 0 aromatic heterocycles. The molecule has 1 aromatic carbocycles. The van der Waals surface area contributed by atoms with E-state index in [2.05, 4.69) is 0 Å². The molecular formula is C10H12N2O3. The number of aldehydes is 1. The number of carbonyl (C=O) groups excluding carboxylic acids is 1. The first-order valence-corrected chi connectivity index (χ1v) is 4.55. The van der Waals surface area contributed by atoms with Crippen molar-refractivity contribution in [3.8, 4) is 0 Å². The number of nitro groups is 1. The molecule has 0 aliphatic rings. The molecule has 0 aliphatic heterocycles. The molecule has 0 atom stereocenters. The Morgan fingerprint density at radius 2 is 2.20 bits per heavy atom. The maximum Gasteiger partial charge on any atom is 0.270 e. The molecule has 0 amide bonds. The Balaban J connectivity index is 3.20. The van der Waals surface area contributed by atoms with Gasteiger partial charge in [-0.05, 0) is 13.0 Å². The highest BCUT2D eigenvalue weighted by Crippen LogP contribution is 2.23. The predicted octanol–water partition coefficient (Wildman–Crippen LogP) is 1.86. The summed E-state index contributed by atoms with van der Waals surface area (Å²) >= 11 is 0. The largest absolute Gasteiger partial charge is 0.374 e. The number of carbonyl (C=O) groups is 1. The number of benzene rings is 1. The molecule has 5 heteroatoms. The van der Waals surface area contributed by atoms with Crippen LogP contribution < -0.4 is 4.90 Å². The summed E-state index contributed by atoms with van der Waals surface area (Å²) in [4.78, 5) is 22.6. The van der Waals surface area contributed by atoms with E-state index in [1.165, 1.54) is 12.1 Å². The van der Waals surface area contributed by atoms with E-state index in [0.29, 0.717) is 17.5 Å². The molecule has 0 saturated carbocycles. The molecule has 0 unspecified atom stereocenters. The Labute approximate surface area is 87.5 Å². The topological polar surface area (TPSA) is 63.4 Å². The van der Waals surface area contributed by atoms with Crippen LogP contribution in [0.2, 0.25) is 0 Å². The first-order chi connectivity index (χ1) is 7.10. The number of rotatable bonds is 4. The second-order valence-corrected chi connectivity index (χ2v) is 3.13. The Morgan fingerprint density at radius 3 is 2.67 bits per heavy atom. The summed E-state index contributed by atoms with van der Waals surface area (Å²) in [6.07, 6.45) is 0.633. The molecule has 15 heavy (non-hydrogen) atoms. The number of nitro benzene ring substituents is 1. The monoisotopic (exact) mass is 208 g/mol. The minimum atomic E-state index is -0.511. The summed E-state index contributed by atoms with van der Waals surface area (Å²) in [5.41, 5.74) is 0.983. The highest BCUT2D eigenvalue weighted by Gasteiger charge is 2.11. The fourth-order valence-corrected chi connectivity index (χ4v) is 1.27. The van der Waals surface area contributed by atoms with Crippen molar-refractivity contribution in [1.82, 2.24) is 0 Å². The van der Waals surface area contributed by atoms with Crippen molar-refractivity contribution in [1.29, 1.82) is 0 Å². The lowest BCUT2D eigenvalue weighted by molar-refractivity contribution is -0.384. The van der Waals surface area contributed by atoms with Crippen molar-refractivity contribution < 1.29 is 9.72 Å². The van der Waals surface area contributed by atoms with Gasteiger partial charge in [0.25, 0.3) is 5.69 Å². The first kappa shape index (κ1) is 11.2. The first-order valence-electron chi connectivity index (χ1n) is 4.55. The van der Waals surface area contributed by atoms with Crippen LogP contribution in [-0.2, 0) is 0 Å². The Kier molecular flexibility index (Phi) is 3.38. The standard InChI is InChI=1S/C10H12N2O3/c1-3-11(2)10-5-4-9(12(14)15)6-8(10)7-13/h4-7H,3H2,1-2H3. The zero-order valence-corrected chi connectivity index (χ0v) is 8.64. The highest BCUT2D eigenvalue weighted by molar-refractivity contribution is 5.85. The van der Waals surface area contributed by atoms with Crippen molar-refractivity contribution in [3.63, 3.8) is 0 Å². The zero-order chi connectivity index (χ0) is 11.4. The number of non-ortho nitro benzene ring substituents is 1. The Hall–Kier alpha value is -1.91. The molecular weight excluding hydrogens is 196 g/mol. The minimum Gasteiger partial charge on any atom is -0.374 e. The van der Waals surface area contributed by atoms with E-state index in [4.69, 9.17) is 0 Å². The van der Waals surface area contributed by atoms with Gasteiger partial charge in [-0.3, -0.25) is 14.9 Å². The molecule has 0 fully saturated rings. The number of hydrogen-bond donors (Lipinski definition) is 0. The van der Waals surface area contributed by atoms with E-state index >= 15 is 0 Å². The van der Waals surface area contributed by atoms with Gasteiger partial charge in [0, 0.05) is 37.0 Å². The van der Waals surface area contributed by atoms with Crippen molar-refractivity contribution in [3.05, 3.63) is 33.9 Å². The second kappa shape index (κ2) is 4.54. The van der Waals surface area contributed by atoms with Crippen LogP contribution >= 0.6 is 0 Å². The molecule has 0 N–H and O–H groups in total. The SMILES string of the molecule is CCN(C)c1ccc([N+](=O)[O-])cc1C=O. The van der Waals surface area contributed by atoms with Gasteiger partial charge in [0.2, 0.25) is 0 Å². The van der Waals surface area contributed by atoms with Crippen molar-refractivity contribution >= 4 is 17.7 Å². The van der Waals surface area contributed by atoms with Crippen molar-refractivity contribution in [2.75, 3.05) is 18.5 Å². The number of hydrogen-bond acceptors (Lipinski definition) is 4. The summed E-state index contributed by atoms with van der Waals surface area (Å²) in [5, 5.41) is 10.5. The van der Waals surface area contributed by atoms with Gasteiger partial charge in [0.1, 0.15) is 0 Å². The zero-order valence-electron chi connectivity index (χ0n) is 8.64. The van der Waals surface area contributed by atoms with E-state index in [0.717, 1.165) is 6.54 Å². The summed E-state index contributed by atoms with van der Waals surface area (Å²) in [6, 6.07) is 4.27.